The molecule has 0 bridgehead atoms. The molecule has 0 aliphatic rings. The van der Waals surface area contributed by atoms with Crippen LogP contribution in [0.1, 0.15) is 9.80 Å². The highest BCUT2D eigenvalue weighted by atomic mass is 32.1. The average Bonchev–Trinajstić information content (AvgIpc) is 2.72. The van der Waals surface area contributed by atoms with Crippen LogP contribution in [0.2, 0.25) is 0 Å². The highest BCUT2D eigenvalue weighted by Crippen LogP contribution is 2.12. The first kappa shape index (κ1) is 8.90. The van der Waals surface area contributed by atoms with Crippen molar-refractivity contribution in [2.24, 2.45) is 0 Å². The topological polar surface area (TPSA) is 39.2 Å². The number of nitrogens with zero attached hydrogens (tertiary/aromatic N) is 1. The summed E-state index contributed by atoms with van der Waals surface area (Å²) in [6.45, 7) is 0. The van der Waals surface area contributed by atoms with Crippen LogP contribution in [0.5, 0.6) is 5.75 Å². The van der Waals surface area contributed by atoms with Gasteiger partial charge in [0, 0.05) is 11.6 Å². The fourth-order valence-electron chi connectivity index (χ4n) is 0.963. The SMILES string of the molecule is O=C(Oc1ccccc1)c1nccs1. The van der Waals surface area contributed by atoms with Gasteiger partial charge in [-0.15, -0.1) is 11.3 Å². The maximum Gasteiger partial charge on any atom is 0.372 e. The van der Waals surface area contributed by atoms with Crippen molar-refractivity contribution in [2.45, 2.75) is 0 Å². The van der Waals surface area contributed by atoms with E-state index in [-0.39, 0.29) is 0 Å². The van der Waals surface area contributed by atoms with Crippen LogP contribution in [0.3, 0.4) is 0 Å². The van der Waals surface area contributed by atoms with E-state index in [1.807, 2.05) is 18.2 Å². The lowest BCUT2D eigenvalue weighted by molar-refractivity contribution is 0.0734. The van der Waals surface area contributed by atoms with Gasteiger partial charge >= 0.3 is 5.97 Å². The minimum absolute atomic E-state index is 0.369. The first-order chi connectivity index (χ1) is 6.86. The number of hydrogen-bond acceptors (Lipinski definition) is 4. The van der Waals surface area contributed by atoms with Crippen molar-refractivity contribution in [3.8, 4) is 5.75 Å². The molecular weight excluding hydrogens is 198 g/mol. The molecule has 0 unspecified atom stereocenters. The van der Waals surface area contributed by atoms with Gasteiger partial charge in [-0.05, 0) is 12.1 Å². The van der Waals surface area contributed by atoms with E-state index in [0.717, 1.165) is 0 Å². The van der Waals surface area contributed by atoms with E-state index in [1.54, 1.807) is 23.7 Å². The summed E-state index contributed by atoms with van der Waals surface area (Å²) in [6.07, 6.45) is 1.58. The molecule has 0 saturated heterocycles. The van der Waals surface area contributed by atoms with Gasteiger partial charge < -0.3 is 4.74 Å². The zero-order valence-corrected chi connectivity index (χ0v) is 8.03. The second-order valence-electron chi connectivity index (χ2n) is 2.54. The standard InChI is InChI=1S/C10H7NO2S/c12-10(9-11-6-7-14-9)13-8-4-2-1-3-5-8/h1-7H. The molecule has 14 heavy (non-hydrogen) atoms. The van der Waals surface area contributed by atoms with E-state index in [9.17, 15) is 4.79 Å². The van der Waals surface area contributed by atoms with Crippen molar-refractivity contribution in [2.75, 3.05) is 0 Å². The van der Waals surface area contributed by atoms with Gasteiger partial charge in [-0.1, -0.05) is 18.2 Å². The number of ether oxygens (including phenoxy) is 1. The minimum Gasteiger partial charge on any atom is -0.421 e. The Morgan fingerprint density at radius 2 is 2.07 bits per heavy atom. The monoisotopic (exact) mass is 205 g/mol. The van der Waals surface area contributed by atoms with Crippen LogP contribution < -0.4 is 4.74 Å². The number of benzene rings is 1. The molecule has 3 nitrogen and oxygen atoms in total. The zero-order chi connectivity index (χ0) is 9.80. The van der Waals surface area contributed by atoms with E-state index in [0.29, 0.717) is 10.8 Å². The maximum absolute atomic E-state index is 11.4. The summed E-state index contributed by atoms with van der Waals surface area (Å²) in [4.78, 5) is 15.3. The van der Waals surface area contributed by atoms with Crippen molar-refractivity contribution < 1.29 is 9.53 Å². The fourth-order valence-corrected chi connectivity index (χ4v) is 1.47. The Hall–Kier alpha value is -1.68. The molecule has 1 aromatic carbocycles. The molecule has 70 valence electrons. The van der Waals surface area contributed by atoms with Crippen LogP contribution in [-0.2, 0) is 0 Å². The number of carbonyl (C=O) groups excluding carboxylic acids is 1. The molecule has 0 saturated carbocycles. The van der Waals surface area contributed by atoms with Gasteiger partial charge in [0.2, 0.25) is 5.01 Å². The molecule has 0 radical (unpaired) electrons. The van der Waals surface area contributed by atoms with E-state index in [1.165, 1.54) is 11.3 Å². The van der Waals surface area contributed by atoms with Crippen LogP contribution in [0.4, 0.5) is 0 Å². The van der Waals surface area contributed by atoms with Gasteiger partial charge in [-0.3, -0.25) is 0 Å². The summed E-state index contributed by atoms with van der Waals surface area (Å²) in [5, 5.41) is 2.11. The summed E-state index contributed by atoms with van der Waals surface area (Å²) in [5.41, 5.74) is 0. The second kappa shape index (κ2) is 4.02. The summed E-state index contributed by atoms with van der Waals surface area (Å²) in [5.74, 6) is 0.124. The third-order valence-corrected chi connectivity index (χ3v) is 2.31. The predicted octanol–water partition coefficient (Wildman–Crippen LogP) is 2.36. The first-order valence-electron chi connectivity index (χ1n) is 4.03. The lowest BCUT2D eigenvalue weighted by Crippen LogP contribution is -2.07. The van der Waals surface area contributed by atoms with Crippen molar-refractivity contribution in [1.29, 1.82) is 0 Å². The van der Waals surface area contributed by atoms with E-state index in [2.05, 4.69) is 4.98 Å². The van der Waals surface area contributed by atoms with E-state index in [4.69, 9.17) is 4.74 Å². The molecule has 1 heterocycles. The van der Waals surface area contributed by atoms with E-state index >= 15 is 0 Å². The summed E-state index contributed by atoms with van der Waals surface area (Å²) < 4.78 is 5.07. The molecule has 1 aromatic heterocycles. The quantitative estimate of drug-likeness (QED) is 0.558. The van der Waals surface area contributed by atoms with Gasteiger partial charge in [-0.25, -0.2) is 9.78 Å². The Bertz CT molecular complexity index is 411. The Labute approximate surface area is 85.0 Å². The highest BCUT2D eigenvalue weighted by molar-refractivity contribution is 7.11. The molecule has 0 aliphatic heterocycles. The van der Waals surface area contributed by atoms with Crippen LogP contribution in [0.15, 0.2) is 41.9 Å². The van der Waals surface area contributed by atoms with Crippen LogP contribution in [-0.4, -0.2) is 11.0 Å². The van der Waals surface area contributed by atoms with Gasteiger partial charge in [0.15, 0.2) is 0 Å². The van der Waals surface area contributed by atoms with Gasteiger partial charge in [0.05, 0.1) is 0 Å². The molecule has 2 aromatic rings. The molecule has 2 rings (SSSR count). The van der Waals surface area contributed by atoms with Crippen molar-refractivity contribution in [1.82, 2.24) is 4.98 Å². The fraction of sp³-hybridized carbons (Fsp3) is 0. The molecule has 0 fully saturated rings. The normalized spacial score (nSPS) is 9.71. The lowest BCUT2D eigenvalue weighted by atomic mass is 10.3. The molecule has 0 aliphatic carbocycles. The zero-order valence-electron chi connectivity index (χ0n) is 7.21. The molecular formula is C10H7NO2S. The Morgan fingerprint density at radius 3 is 2.71 bits per heavy atom. The summed E-state index contributed by atoms with van der Waals surface area (Å²) >= 11 is 1.26. The summed E-state index contributed by atoms with van der Waals surface area (Å²) in [7, 11) is 0. The second-order valence-corrected chi connectivity index (χ2v) is 3.43. The summed E-state index contributed by atoms with van der Waals surface area (Å²) in [6, 6.07) is 8.94. The average molecular weight is 205 g/mol. The van der Waals surface area contributed by atoms with Crippen molar-refractivity contribution in [3.05, 3.63) is 46.9 Å². The number of esters is 1. The maximum atomic E-state index is 11.4. The van der Waals surface area contributed by atoms with Crippen molar-refractivity contribution in [3.63, 3.8) is 0 Å². The largest absolute Gasteiger partial charge is 0.421 e. The van der Waals surface area contributed by atoms with Gasteiger partial charge in [0.25, 0.3) is 0 Å². The van der Waals surface area contributed by atoms with Crippen LogP contribution in [0.25, 0.3) is 0 Å². The number of aromatic nitrogens is 1. The third kappa shape index (κ3) is 1.97. The van der Waals surface area contributed by atoms with Crippen molar-refractivity contribution >= 4 is 17.3 Å². The number of carbonyl (C=O) groups is 1. The number of thiazole rings is 1. The Kier molecular flexibility index (Phi) is 2.55. The molecule has 0 atom stereocenters. The van der Waals surface area contributed by atoms with Crippen LogP contribution >= 0.6 is 11.3 Å². The number of hydrogen-bond donors (Lipinski definition) is 0. The lowest BCUT2D eigenvalue weighted by Gasteiger charge is -1.99. The molecule has 0 spiro atoms. The van der Waals surface area contributed by atoms with Gasteiger partial charge in [-0.2, -0.15) is 0 Å². The minimum atomic E-state index is -0.411. The Morgan fingerprint density at radius 1 is 1.29 bits per heavy atom. The van der Waals surface area contributed by atoms with Crippen LogP contribution in [0, 0.1) is 0 Å². The first-order valence-corrected chi connectivity index (χ1v) is 4.91. The van der Waals surface area contributed by atoms with E-state index < -0.39 is 5.97 Å². The number of rotatable bonds is 2. The third-order valence-electron chi connectivity index (χ3n) is 1.56. The molecule has 0 N–H and O–H groups in total. The predicted molar refractivity (Wildman–Crippen MR) is 53.5 cm³/mol. The molecule has 4 heteroatoms. The highest BCUT2D eigenvalue weighted by Gasteiger charge is 2.10. The van der Waals surface area contributed by atoms with Gasteiger partial charge in [0.1, 0.15) is 5.75 Å². The smallest absolute Gasteiger partial charge is 0.372 e. The molecule has 0 amide bonds. The number of para-hydroxylation sites is 1. The Balaban J connectivity index is 2.10.